The molecule has 0 amide bonds. The van der Waals surface area contributed by atoms with Crippen molar-refractivity contribution in [1.29, 1.82) is 0 Å². The van der Waals surface area contributed by atoms with Crippen LogP contribution in [0, 0.1) is 20.2 Å². The van der Waals surface area contributed by atoms with Gasteiger partial charge in [-0.1, -0.05) is 12.1 Å². The van der Waals surface area contributed by atoms with E-state index in [2.05, 4.69) is 10.3 Å². The van der Waals surface area contributed by atoms with Crippen LogP contribution in [0.4, 0.5) is 30.4 Å². The third-order valence-corrected chi connectivity index (χ3v) is 2.97. The van der Waals surface area contributed by atoms with Crippen LogP contribution in [0.3, 0.4) is 0 Å². The van der Waals surface area contributed by atoms with Gasteiger partial charge in [0.1, 0.15) is 0 Å². The Labute approximate surface area is 132 Å². The van der Waals surface area contributed by atoms with E-state index in [0.717, 1.165) is 0 Å². The van der Waals surface area contributed by atoms with Crippen molar-refractivity contribution in [1.82, 2.24) is 4.98 Å². The number of anilines is 1. The Balaban J connectivity index is 2.25. The Morgan fingerprint density at radius 3 is 2.42 bits per heavy atom. The summed E-state index contributed by atoms with van der Waals surface area (Å²) < 4.78 is 37.8. The topological polar surface area (TPSA) is 111 Å². The maximum atomic E-state index is 12.6. The van der Waals surface area contributed by atoms with Crippen LogP contribution in [0.15, 0.2) is 36.5 Å². The summed E-state index contributed by atoms with van der Waals surface area (Å²) >= 11 is 0. The number of nitrogens with zero attached hydrogens (tertiary/aromatic N) is 3. The number of aromatic nitrogens is 1. The van der Waals surface area contributed by atoms with E-state index >= 15 is 0 Å². The molecule has 0 atom stereocenters. The van der Waals surface area contributed by atoms with E-state index < -0.39 is 27.3 Å². The number of hydrogen-bond donors (Lipinski definition) is 1. The van der Waals surface area contributed by atoms with Gasteiger partial charge < -0.3 is 5.32 Å². The Bertz CT molecular complexity index is 795. The van der Waals surface area contributed by atoms with Crippen LogP contribution in [0.1, 0.15) is 11.1 Å². The lowest BCUT2D eigenvalue weighted by molar-refractivity contribution is -0.384. The summed E-state index contributed by atoms with van der Waals surface area (Å²) in [5.74, 6) is -0.362. The molecule has 1 aromatic heterocycles. The fraction of sp³-hybridized carbons (Fsp3) is 0.154. The highest BCUT2D eigenvalue weighted by Crippen LogP contribution is 2.33. The predicted octanol–water partition coefficient (Wildman–Crippen LogP) is 3.53. The smallest absolute Gasteiger partial charge is 0.360 e. The van der Waals surface area contributed by atoms with Crippen molar-refractivity contribution < 1.29 is 23.0 Å². The highest BCUT2D eigenvalue weighted by molar-refractivity contribution is 5.57. The summed E-state index contributed by atoms with van der Waals surface area (Å²) in [7, 11) is 0. The summed E-state index contributed by atoms with van der Waals surface area (Å²) in [6.07, 6.45) is -4.28. The molecule has 0 bridgehead atoms. The number of pyridine rings is 1. The normalized spacial score (nSPS) is 11.1. The Hall–Kier alpha value is -3.24. The van der Waals surface area contributed by atoms with Gasteiger partial charge in [0.2, 0.25) is 5.82 Å². The van der Waals surface area contributed by atoms with Crippen LogP contribution < -0.4 is 5.32 Å². The van der Waals surface area contributed by atoms with Crippen molar-refractivity contribution in [3.8, 4) is 0 Å². The summed E-state index contributed by atoms with van der Waals surface area (Å²) in [6, 6.07) is 5.83. The minimum Gasteiger partial charge on any atom is -0.360 e. The molecule has 0 fully saturated rings. The third-order valence-electron chi connectivity index (χ3n) is 2.97. The first-order valence-electron chi connectivity index (χ1n) is 6.37. The molecule has 0 saturated carbocycles. The van der Waals surface area contributed by atoms with Crippen molar-refractivity contribution in [2.24, 2.45) is 0 Å². The van der Waals surface area contributed by atoms with Crippen LogP contribution in [-0.2, 0) is 12.7 Å². The number of alkyl halides is 3. The molecule has 1 heterocycles. The third kappa shape index (κ3) is 3.94. The second kappa shape index (κ2) is 6.48. The number of nitro benzene ring substituents is 1. The standard InChI is InChI=1S/C13H9F3N4O4/c14-13(15,16)9-5-11(20(23)24)12(18-7-9)17-6-8-2-1-3-10(4-8)19(21)22/h1-5,7H,6H2,(H,17,18). The maximum absolute atomic E-state index is 12.6. The van der Waals surface area contributed by atoms with Gasteiger partial charge in [0.15, 0.2) is 0 Å². The first-order chi connectivity index (χ1) is 11.2. The van der Waals surface area contributed by atoms with E-state index in [9.17, 15) is 33.4 Å². The van der Waals surface area contributed by atoms with Crippen molar-refractivity contribution in [2.75, 3.05) is 5.32 Å². The van der Waals surface area contributed by atoms with E-state index in [1.54, 1.807) is 0 Å². The van der Waals surface area contributed by atoms with Crippen LogP contribution in [0.2, 0.25) is 0 Å². The zero-order valence-corrected chi connectivity index (χ0v) is 11.8. The molecular weight excluding hydrogens is 333 g/mol. The van der Waals surface area contributed by atoms with E-state index in [1.807, 2.05) is 0 Å². The molecule has 0 aliphatic rings. The summed E-state index contributed by atoms with van der Waals surface area (Å²) in [5, 5.41) is 24.1. The van der Waals surface area contributed by atoms with Crippen LogP contribution >= 0.6 is 0 Å². The molecule has 24 heavy (non-hydrogen) atoms. The monoisotopic (exact) mass is 342 g/mol. The first-order valence-corrected chi connectivity index (χ1v) is 6.37. The molecule has 11 heteroatoms. The molecule has 2 aromatic rings. The van der Waals surface area contributed by atoms with Gasteiger partial charge in [-0.3, -0.25) is 20.2 Å². The highest BCUT2D eigenvalue weighted by Gasteiger charge is 2.33. The molecule has 0 aliphatic carbocycles. The summed E-state index contributed by atoms with van der Waals surface area (Å²) in [6.45, 7) is -0.0825. The van der Waals surface area contributed by atoms with E-state index in [-0.39, 0.29) is 18.1 Å². The SMILES string of the molecule is O=[N+]([O-])c1cccc(CNc2ncc(C(F)(F)F)cc2[N+](=O)[O-])c1. The molecule has 2 rings (SSSR count). The fourth-order valence-electron chi connectivity index (χ4n) is 1.85. The number of rotatable bonds is 5. The Morgan fingerprint density at radius 2 is 1.83 bits per heavy atom. The average molecular weight is 342 g/mol. The molecule has 0 unspecified atom stereocenters. The van der Waals surface area contributed by atoms with Gasteiger partial charge in [0.25, 0.3) is 5.69 Å². The average Bonchev–Trinajstić information content (AvgIpc) is 2.52. The number of nitrogens with one attached hydrogen (secondary N) is 1. The highest BCUT2D eigenvalue weighted by atomic mass is 19.4. The molecule has 0 spiro atoms. The van der Waals surface area contributed by atoms with Crippen molar-refractivity contribution >= 4 is 17.2 Å². The van der Waals surface area contributed by atoms with Gasteiger partial charge in [0, 0.05) is 30.9 Å². The van der Waals surface area contributed by atoms with Crippen molar-refractivity contribution in [2.45, 2.75) is 12.7 Å². The van der Waals surface area contributed by atoms with Gasteiger partial charge in [0.05, 0.1) is 15.4 Å². The quantitative estimate of drug-likeness (QED) is 0.657. The predicted molar refractivity (Wildman–Crippen MR) is 76.3 cm³/mol. The number of hydrogen-bond acceptors (Lipinski definition) is 6. The lowest BCUT2D eigenvalue weighted by Gasteiger charge is -2.09. The van der Waals surface area contributed by atoms with E-state index in [0.29, 0.717) is 17.8 Å². The molecule has 126 valence electrons. The molecule has 1 N–H and O–H groups in total. The molecule has 0 radical (unpaired) electrons. The van der Waals surface area contributed by atoms with Crippen molar-refractivity contribution in [3.05, 3.63) is 67.9 Å². The summed E-state index contributed by atoms with van der Waals surface area (Å²) in [5.41, 5.74) is -1.84. The maximum Gasteiger partial charge on any atom is 0.418 e. The Kier molecular flexibility index (Phi) is 4.62. The molecular formula is C13H9F3N4O4. The fourth-order valence-corrected chi connectivity index (χ4v) is 1.85. The minimum atomic E-state index is -4.75. The van der Waals surface area contributed by atoms with Crippen molar-refractivity contribution in [3.63, 3.8) is 0 Å². The van der Waals surface area contributed by atoms with Gasteiger partial charge in [-0.05, 0) is 5.56 Å². The zero-order valence-electron chi connectivity index (χ0n) is 11.8. The first kappa shape index (κ1) is 17.1. The van der Waals surface area contributed by atoms with Crippen LogP contribution in [0.25, 0.3) is 0 Å². The van der Waals surface area contributed by atoms with E-state index in [1.165, 1.54) is 24.3 Å². The van der Waals surface area contributed by atoms with Gasteiger partial charge in [-0.2, -0.15) is 13.2 Å². The number of nitro groups is 2. The lowest BCUT2D eigenvalue weighted by atomic mass is 10.2. The second-order valence-electron chi connectivity index (χ2n) is 4.63. The minimum absolute atomic E-state index is 0.0825. The van der Waals surface area contributed by atoms with Gasteiger partial charge in [-0.15, -0.1) is 0 Å². The zero-order chi connectivity index (χ0) is 17.9. The molecule has 8 nitrogen and oxygen atoms in total. The molecule has 0 saturated heterocycles. The molecule has 1 aromatic carbocycles. The van der Waals surface area contributed by atoms with Gasteiger partial charge in [-0.25, -0.2) is 4.98 Å². The number of non-ortho nitro benzene ring substituents is 1. The number of halogens is 3. The Morgan fingerprint density at radius 1 is 1.12 bits per heavy atom. The number of benzene rings is 1. The van der Waals surface area contributed by atoms with Crippen LogP contribution in [0.5, 0.6) is 0 Å². The molecule has 0 aliphatic heterocycles. The van der Waals surface area contributed by atoms with E-state index in [4.69, 9.17) is 0 Å². The lowest BCUT2D eigenvalue weighted by Crippen LogP contribution is -2.10. The van der Waals surface area contributed by atoms with Crippen LogP contribution in [-0.4, -0.2) is 14.8 Å². The summed E-state index contributed by atoms with van der Waals surface area (Å²) in [4.78, 5) is 23.4. The largest absolute Gasteiger partial charge is 0.418 e. The second-order valence-corrected chi connectivity index (χ2v) is 4.63. The van der Waals surface area contributed by atoms with Gasteiger partial charge >= 0.3 is 11.9 Å².